The molecule has 104 valence electrons. The minimum Gasteiger partial charge on any atom is -0.352 e. The van der Waals surface area contributed by atoms with Gasteiger partial charge in [0.2, 0.25) is 0 Å². The summed E-state index contributed by atoms with van der Waals surface area (Å²) in [5.41, 5.74) is 7.69. The van der Waals surface area contributed by atoms with Gasteiger partial charge in [-0.15, -0.1) is 0 Å². The summed E-state index contributed by atoms with van der Waals surface area (Å²) in [5.74, 6) is 0. The average molecular weight is 260 g/mol. The van der Waals surface area contributed by atoms with Crippen molar-refractivity contribution in [3.63, 3.8) is 0 Å². The van der Waals surface area contributed by atoms with E-state index in [0.717, 1.165) is 18.8 Å². The average Bonchev–Trinajstić information content (AvgIpc) is 2.74. The molecular weight excluding hydrogens is 236 g/mol. The molecule has 0 aliphatic heterocycles. The zero-order chi connectivity index (χ0) is 14.2. The normalized spacial score (nSPS) is 11.3. The minimum atomic E-state index is 0.874. The maximum Gasteiger partial charge on any atom is 0.0641 e. The van der Waals surface area contributed by atoms with Crippen molar-refractivity contribution in [1.29, 1.82) is 0 Å². The Morgan fingerprint density at radius 2 is 1.74 bits per heavy atom. The third-order valence-corrected chi connectivity index (χ3v) is 4.16. The quantitative estimate of drug-likeness (QED) is 0.915. The van der Waals surface area contributed by atoms with Crippen molar-refractivity contribution in [2.75, 3.05) is 0 Å². The Bertz CT molecular complexity index is 590. The van der Waals surface area contributed by atoms with Gasteiger partial charge in [-0.2, -0.15) is 5.10 Å². The third-order valence-electron chi connectivity index (χ3n) is 4.16. The Morgan fingerprint density at radius 3 is 2.21 bits per heavy atom. The van der Waals surface area contributed by atoms with E-state index in [1.807, 2.05) is 11.7 Å². The lowest BCUT2D eigenvalue weighted by molar-refractivity contribution is 0.679. The third kappa shape index (κ3) is 2.59. The van der Waals surface area contributed by atoms with Crippen molar-refractivity contribution in [1.82, 2.24) is 19.7 Å². The fraction of sp³-hybridized carbons (Fsp3) is 0.533. The van der Waals surface area contributed by atoms with Gasteiger partial charge in [0.1, 0.15) is 0 Å². The topological polar surface area (TPSA) is 34.8 Å². The largest absolute Gasteiger partial charge is 0.352 e. The lowest BCUT2D eigenvalue weighted by Gasteiger charge is -2.06. The molecule has 0 unspecified atom stereocenters. The lowest BCUT2D eigenvalue weighted by Crippen LogP contribution is -2.14. The highest BCUT2D eigenvalue weighted by molar-refractivity contribution is 5.27. The van der Waals surface area contributed by atoms with Crippen LogP contribution in [0.5, 0.6) is 0 Å². The molecule has 1 N–H and O–H groups in total. The van der Waals surface area contributed by atoms with Crippen molar-refractivity contribution in [3.8, 4) is 0 Å². The molecule has 0 atom stereocenters. The number of aryl methyl sites for hydroxylation is 3. The van der Waals surface area contributed by atoms with Crippen molar-refractivity contribution >= 4 is 0 Å². The molecule has 4 heteroatoms. The Labute approximate surface area is 115 Å². The number of aromatic nitrogens is 3. The zero-order valence-electron chi connectivity index (χ0n) is 12.8. The monoisotopic (exact) mass is 260 g/mol. The Hall–Kier alpha value is -1.55. The van der Waals surface area contributed by atoms with Crippen LogP contribution >= 0.6 is 0 Å². The van der Waals surface area contributed by atoms with E-state index in [1.54, 1.807) is 0 Å². The first-order valence-electron chi connectivity index (χ1n) is 6.73. The van der Waals surface area contributed by atoms with Gasteiger partial charge < -0.3 is 9.88 Å². The predicted molar refractivity (Wildman–Crippen MR) is 78.1 cm³/mol. The summed E-state index contributed by atoms with van der Waals surface area (Å²) in [7, 11) is 4.11. The summed E-state index contributed by atoms with van der Waals surface area (Å²) in [4.78, 5) is 0. The van der Waals surface area contributed by atoms with Gasteiger partial charge >= 0.3 is 0 Å². The highest BCUT2D eigenvalue weighted by Crippen LogP contribution is 2.14. The van der Waals surface area contributed by atoms with Crippen LogP contribution in [0, 0.1) is 27.7 Å². The smallest absolute Gasteiger partial charge is 0.0641 e. The first-order chi connectivity index (χ1) is 8.91. The molecule has 0 saturated carbocycles. The lowest BCUT2D eigenvalue weighted by atomic mass is 10.2. The molecule has 0 aliphatic rings. The summed E-state index contributed by atoms with van der Waals surface area (Å²) in [6.45, 7) is 10.3. The molecule has 0 fully saturated rings. The fourth-order valence-corrected chi connectivity index (χ4v) is 2.51. The molecule has 0 amide bonds. The van der Waals surface area contributed by atoms with Crippen molar-refractivity contribution in [2.24, 2.45) is 14.1 Å². The Morgan fingerprint density at radius 1 is 1.05 bits per heavy atom. The van der Waals surface area contributed by atoms with Crippen LogP contribution in [-0.2, 0) is 27.2 Å². The van der Waals surface area contributed by atoms with Crippen LogP contribution in [0.25, 0.3) is 0 Å². The molecule has 2 aromatic rings. The van der Waals surface area contributed by atoms with Gasteiger partial charge in [0.05, 0.1) is 5.69 Å². The van der Waals surface area contributed by atoms with E-state index in [0.29, 0.717) is 0 Å². The van der Waals surface area contributed by atoms with Gasteiger partial charge in [-0.3, -0.25) is 4.68 Å². The molecule has 4 nitrogen and oxygen atoms in total. The molecule has 0 aromatic carbocycles. The van der Waals surface area contributed by atoms with Crippen molar-refractivity contribution < 1.29 is 0 Å². The molecule has 0 spiro atoms. The van der Waals surface area contributed by atoms with Crippen LogP contribution in [0.15, 0.2) is 6.07 Å². The summed E-state index contributed by atoms with van der Waals surface area (Å²) in [5, 5.41) is 7.97. The molecule has 2 heterocycles. The van der Waals surface area contributed by atoms with Crippen LogP contribution in [-0.4, -0.2) is 14.3 Å². The number of hydrogen-bond donors (Lipinski definition) is 1. The summed E-state index contributed by atoms with van der Waals surface area (Å²) in [6.07, 6.45) is 0. The maximum atomic E-state index is 4.44. The number of nitrogens with zero attached hydrogens (tertiary/aromatic N) is 3. The number of hydrogen-bond acceptors (Lipinski definition) is 2. The SMILES string of the molecule is Cc1nn(C)c(C)c1CNCc1cc(C)n(C)c1C. The standard InChI is InChI=1S/C15H24N4/c1-10-7-14(12(3)18(10)5)8-16-9-15-11(2)17-19(6)13(15)4/h7,16H,8-9H2,1-6H3. The van der Waals surface area contributed by atoms with Gasteiger partial charge in [-0.25, -0.2) is 0 Å². The second-order valence-electron chi connectivity index (χ2n) is 5.33. The van der Waals surface area contributed by atoms with Crippen LogP contribution in [0.3, 0.4) is 0 Å². The van der Waals surface area contributed by atoms with Gasteiger partial charge in [-0.05, 0) is 39.3 Å². The molecule has 2 rings (SSSR count). The van der Waals surface area contributed by atoms with Crippen LogP contribution in [0.1, 0.15) is 33.9 Å². The number of nitrogens with one attached hydrogen (secondary N) is 1. The molecule has 2 aromatic heterocycles. The van der Waals surface area contributed by atoms with Gasteiger partial charge in [0.25, 0.3) is 0 Å². The van der Waals surface area contributed by atoms with E-state index in [4.69, 9.17) is 0 Å². The Balaban J connectivity index is 2.02. The molecule has 0 saturated heterocycles. The van der Waals surface area contributed by atoms with Crippen molar-refractivity contribution in [2.45, 2.75) is 40.8 Å². The van der Waals surface area contributed by atoms with E-state index in [2.05, 4.69) is 55.8 Å². The molecule has 0 radical (unpaired) electrons. The highest BCUT2D eigenvalue weighted by atomic mass is 15.3. The second kappa shape index (κ2) is 5.21. The van der Waals surface area contributed by atoms with Crippen LogP contribution in [0.2, 0.25) is 0 Å². The summed E-state index contributed by atoms with van der Waals surface area (Å²) < 4.78 is 4.18. The fourth-order valence-electron chi connectivity index (χ4n) is 2.51. The zero-order valence-corrected chi connectivity index (χ0v) is 12.8. The van der Waals surface area contributed by atoms with E-state index in [-0.39, 0.29) is 0 Å². The first kappa shape index (κ1) is 13.9. The molecule has 19 heavy (non-hydrogen) atoms. The second-order valence-corrected chi connectivity index (χ2v) is 5.33. The molecular formula is C15H24N4. The first-order valence-corrected chi connectivity index (χ1v) is 6.73. The maximum absolute atomic E-state index is 4.44. The predicted octanol–water partition coefficient (Wildman–Crippen LogP) is 2.28. The minimum absolute atomic E-state index is 0.874. The number of rotatable bonds is 4. The summed E-state index contributed by atoms with van der Waals surface area (Å²) >= 11 is 0. The molecule has 0 bridgehead atoms. The van der Waals surface area contributed by atoms with Gasteiger partial charge in [-0.1, -0.05) is 0 Å². The van der Waals surface area contributed by atoms with E-state index >= 15 is 0 Å². The van der Waals surface area contributed by atoms with Gasteiger partial charge in [0, 0.05) is 49.8 Å². The van der Waals surface area contributed by atoms with Crippen LogP contribution in [0.4, 0.5) is 0 Å². The highest BCUT2D eigenvalue weighted by Gasteiger charge is 2.10. The van der Waals surface area contributed by atoms with E-state index < -0.39 is 0 Å². The summed E-state index contributed by atoms with van der Waals surface area (Å²) in [6, 6.07) is 2.26. The van der Waals surface area contributed by atoms with Crippen molar-refractivity contribution in [3.05, 3.63) is 40.0 Å². The molecule has 0 aliphatic carbocycles. The van der Waals surface area contributed by atoms with E-state index in [9.17, 15) is 0 Å². The van der Waals surface area contributed by atoms with Crippen LogP contribution < -0.4 is 5.32 Å². The van der Waals surface area contributed by atoms with E-state index in [1.165, 1.54) is 28.2 Å². The van der Waals surface area contributed by atoms with Gasteiger partial charge in [0.15, 0.2) is 0 Å². The Kier molecular flexibility index (Phi) is 3.80.